The van der Waals surface area contributed by atoms with E-state index in [-0.39, 0.29) is 36.8 Å². The third-order valence-corrected chi connectivity index (χ3v) is 3.75. The van der Waals surface area contributed by atoms with Crippen LogP contribution in [0.1, 0.15) is 24.2 Å². The van der Waals surface area contributed by atoms with E-state index in [0.29, 0.717) is 11.6 Å². The van der Waals surface area contributed by atoms with E-state index in [1.807, 2.05) is 36.0 Å². The zero-order valence-corrected chi connectivity index (χ0v) is 14.5. The van der Waals surface area contributed by atoms with Crippen LogP contribution in [-0.2, 0) is 0 Å². The van der Waals surface area contributed by atoms with Crippen molar-refractivity contribution in [2.24, 2.45) is 0 Å². The first-order valence-electron chi connectivity index (χ1n) is 6.68. The van der Waals surface area contributed by atoms with Gasteiger partial charge in [0.2, 0.25) is 0 Å². The maximum absolute atomic E-state index is 12.5. The first kappa shape index (κ1) is 20.0. The van der Waals surface area contributed by atoms with Crippen LogP contribution in [0.5, 0.6) is 0 Å². The second-order valence-electron chi connectivity index (χ2n) is 5.28. The highest BCUT2D eigenvalue weighted by Crippen LogP contribution is 2.15. The molecule has 7 heteroatoms. The van der Waals surface area contributed by atoms with E-state index in [0.717, 1.165) is 18.9 Å². The molecule has 1 aliphatic heterocycles. The summed E-state index contributed by atoms with van der Waals surface area (Å²) in [6.07, 6.45) is 1.66. The van der Waals surface area contributed by atoms with Gasteiger partial charge in [-0.15, -0.1) is 24.8 Å². The van der Waals surface area contributed by atoms with Crippen LogP contribution < -0.4 is 10.2 Å². The third kappa shape index (κ3) is 4.46. The Morgan fingerprint density at radius 2 is 2.00 bits per heavy atom. The molecule has 2 unspecified atom stereocenters. The number of hydrogen-bond donors (Lipinski definition) is 1. The Labute approximate surface area is 138 Å². The summed E-state index contributed by atoms with van der Waals surface area (Å²) in [4.78, 5) is 20.6. The number of carbonyl (C=O) groups excluding carboxylic acids is 1. The largest absolute Gasteiger partial charge is 0.363 e. The molecule has 1 aromatic heterocycles. The summed E-state index contributed by atoms with van der Waals surface area (Å²) in [5.41, 5.74) is 0.659. The molecule has 1 aliphatic rings. The summed E-state index contributed by atoms with van der Waals surface area (Å²) in [6, 6.07) is 4.26. The fourth-order valence-electron chi connectivity index (χ4n) is 2.29. The van der Waals surface area contributed by atoms with Gasteiger partial charge in [-0.05, 0) is 26.0 Å². The van der Waals surface area contributed by atoms with Crippen LogP contribution in [0.3, 0.4) is 0 Å². The van der Waals surface area contributed by atoms with Crippen molar-refractivity contribution < 1.29 is 4.79 Å². The second kappa shape index (κ2) is 8.41. The molecule has 2 atom stereocenters. The first-order valence-corrected chi connectivity index (χ1v) is 6.68. The number of halogens is 2. The average molecular weight is 335 g/mol. The van der Waals surface area contributed by atoms with Crippen LogP contribution >= 0.6 is 24.8 Å². The monoisotopic (exact) mass is 334 g/mol. The van der Waals surface area contributed by atoms with Crippen molar-refractivity contribution in [2.75, 3.05) is 32.1 Å². The van der Waals surface area contributed by atoms with Gasteiger partial charge in [0, 0.05) is 45.5 Å². The van der Waals surface area contributed by atoms with Gasteiger partial charge < -0.3 is 15.1 Å². The number of anilines is 1. The summed E-state index contributed by atoms with van der Waals surface area (Å²) in [7, 11) is 3.87. The summed E-state index contributed by atoms with van der Waals surface area (Å²) in [5.74, 6) is 0.928. The molecule has 0 spiro atoms. The molecule has 0 bridgehead atoms. The molecular weight excluding hydrogens is 311 g/mol. The number of hydrogen-bond acceptors (Lipinski definition) is 4. The van der Waals surface area contributed by atoms with E-state index in [1.165, 1.54) is 0 Å². The number of nitrogens with one attached hydrogen (secondary N) is 1. The Hall–Kier alpha value is -1.04. The number of carbonyl (C=O) groups is 1. The van der Waals surface area contributed by atoms with E-state index in [9.17, 15) is 4.79 Å². The predicted octanol–water partition coefficient (Wildman–Crippen LogP) is 1.81. The Kier molecular flexibility index (Phi) is 8.00. The van der Waals surface area contributed by atoms with Crippen molar-refractivity contribution in [1.29, 1.82) is 0 Å². The second-order valence-corrected chi connectivity index (χ2v) is 5.28. The third-order valence-electron chi connectivity index (χ3n) is 3.75. The lowest BCUT2D eigenvalue weighted by Gasteiger charge is -2.38. The van der Waals surface area contributed by atoms with Crippen molar-refractivity contribution in [3.8, 4) is 0 Å². The van der Waals surface area contributed by atoms with Gasteiger partial charge in [-0.3, -0.25) is 4.79 Å². The van der Waals surface area contributed by atoms with Gasteiger partial charge in [0.25, 0.3) is 5.91 Å². The van der Waals surface area contributed by atoms with Gasteiger partial charge in [0.05, 0.1) is 5.56 Å². The Morgan fingerprint density at radius 1 is 1.33 bits per heavy atom. The van der Waals surface area contributed by atoms with E-state index in [1.54, 1.807) is 6.20 Å². The van der Waals surface area contributed by atoms with E-state index in [4.69, 9.17) is 0 Å². The standard InChI is InChI=1S/C14H22N4O.2ClH/c1-10-11(2)18(8-7-15-10)14(19)12-5-6-13(16-9-12)17(3)4;;/h5-6,9-11,15H,7-8H2,1-4H3;2*1H. The fraction of sp³-hybridized carbons (Fsp3) is 0.571. The molecule has 1 saturated heterocycles. The van der Waals surface area contributed by atoms with Crippen LogP contribution in [-0.4, -0.2) is 55.1 Å². The molecule has 0 aliphatic carbocycles. The van der Waals surface area contributed by atoms with Crippen LogP contribution in [0.2, 0.25) is 0 Å². The zero-order valence-electron chi connectivity index (χ0n) is 12.9. The summed E-state index contributed by atoms with van der Waals surface area (Å²) in [6.45, 7) is 5.79. The zero-order chi connectivity index (χ0) is 14.0. The molecule has 1 aromatic rings. The van der Waals surface area contributed by atoms with Gasteiger partial charge in [-0.25, -0.2) is 4.98 Å². The van der Waals surface area contributed by atoms with Crippen molar-refractivity contribution in [3.05, 3.63) is 23.9 Å². The highest BCUT2D eigenvalue weighted by atomic mass is 35.5. The highest BCUT2D eigenvalue weighted by molar-refractivity contribution is 5.94. The minimum Gasteiger partial charge on any atom is -0.363 e. The minimum atomic E-state index is 0. The Balaban J connectivity index is 0.00000200. The number of piperazine rings is 1. The van der Waals surface area contributed by atoms with Crippen molar-refractivity contribution in [2.45, 2.75) is 25.9 Å². The Morgan fingerprint density at radius 3 is 2.52 bits per heavy atom. The number of pyridine rings is 1. The number of rotatable bonds is 2. The van der Waals surface area contributed by atoms with E-state index >= 15 is 0 Å². The quantitative estimate of drug-likeness (QED) is 0.896. The van der Waals surface area contributed by atoms with E-state index < -0.39 is 0 Å². The fourth-order valence-corrected chi connectivity index (χ4v) is 2.29. The van der Waals surface area contributed by atoms with Crippen LogP contribution in [0.15, 0.2) is 18.3 Å². The lowest BCUT2D eigenvalue weighted by atomic mass is 10.1. The smallest absolute Gasteiger partial charge is 0.255 e. The average Bonchev–Trinajstić information content (AvgIpc) is 2.41. The maximum atomic E-state index is 12.5. The molecular formula is C14H24Cl2N4O. The van der Waals surface area contributed by atoms with Crippen LogP contribution in [0.25, 0.3) is 0 Å². The van der Waals surface area contributed by atoms with Crippen LogP contribution in [0, 0.1) is 0 Å². The molecule has 5 nitrogen and oxygen atoms in total. The topological polar surface area (TPSA) is 48.5 Å². The van der Waals surface area contributed by atoms with Crippen LogP contribution in [0.4, 0.5) is 5.82 Å². The number of amides is 1. The van der Waals surface area contributed by atoms with Crippen molar-refractivity contribution in [3.63, 3.8) is 0 Å². The summed E-state index contributed by atoms with van der Waals surface area (Å²) >= 11 is 0. The molecule has 1 amide bonds. The SMILES string of the molecule is CC1NCCN(C(=O)c2ccc(N(C)C)nc2)C1C.Cl.Cl. The molecule has 0 saturated carbocycles. The lowest BCUT2D eigenvalue weighted by Crippen LogP contribution is -2.57. The lowest BCUT2D eigenvalue weighted by molar-refractivity contribution is 0.0602. The van der Waals surface area contributed by atoms with Gasteiger partial charge in [0.1, 0.15) is 5.82 Å². The first-order chi connectivity index (χ1) is 9.00. The van der Waals surface area contributed by atoms with E-state index in [2.05, 4.69) is 24.1 Å². The molecule has 1 fully saturated rings. The van der Waals surface area contributed by atoms with Gasteiger partial charge in [-0.2, -0.15) is 0 Å². The molecule has 120 valence electrons. The van der Waals surface area contributed by atoms with Crippen molar-refractivity contribution >= 4 is 36.5 Å². The van der Waals surface area contributed by atoms with Gasteiger partial charge in [0.15, 0.2) is 0 Å². The molecule has 0 aromatic carbocycles. The summed E-state index contributed by atoms with van der Waals surface area (Å²) in [5, 5.41) is 3.38. The normalized spacial score (nSPS) is 21.0. The van der Waals surface area contributed by atoms with Gasteiger partial charge in [-0.1, -0.05) is 0 Å². The maximum Gasteiger partial charge on any atom is 0.255 e. The molecule has 1 N–H and O–H groups in total. The highest BCUT2D eigenvalue weighted by Gasteiger charge is 2.28. The number of aromatic nitrogens is 1. The van der Waals surface area contributed by atoms with Gasteiger partial charge >= 0.3 is 0 Å². The number of nitrogens with zero attached hydrogens (tertiary/aromatic N) is 3. The predicted molar refractivity (Wildman–Crippen MR) is 91.0 cm³/mol. The molecule has 0 radical (unpaired) electrons. The summed E-state index contributed by atoms with van der Waals surface area (Å²) < 4.78 is 0. The Bertz CT molecular complexity index is 453. The van der Waals surface area contributed by atoms with Crippen molar-refractivity contribution in [1.82, 2.24) is 15.2 Å². The molecule has 21 heavy (non-hydrogen) atoms. The molecule has 2 heterocycles. The minimum absolute atomic E-state index is 0. The molecule has 2 rings (SSSR count).